The molecule has 2 aromatic rings. The monoisotopic (exact) mass is 403 g/mol. The van der Waals surface area contributed by atoms with Crippen molar-refractivity contribution in [1.29, 1.82) is 0 Å². The molecule has 1 N–H and O–H groups in total. The third-order valence-electron chi connectivity index (χ3n) is 3.88. The van der Waals surface area contributed by atoms with Crippen LogP contribution in [-0.4, -0.2) is 36.4 Å². The van der Waals surface area contributed by atoms with E-state index >= 15 is 0 Å². The van der Waals surface area contributed by atoms with Crippen LogP contribution in [0.2, 0.25) is 10.0 Å². The molecule has 7 nitrogen and oxygen atoms in total. The van der Waals surface area contributed by atoms with Gasteiger partial charge in [-0.25, -0.2) is 8.42 Å². The fraction of sp³-hybridized carbons (Fsp3) is 0.333. The molecule has 1 fully saturated rings. The topological polar surface area (TPSA) is 92.5 Å². The number of aryl methyl sites for hydroxylation is 1. The number of hydrogen-bond donors (Lipinski definition) is 1. The Morgan fingerprint density at radius 1 is 1.32 bits per heavy atom. The molecule has 0 saturated carbocycles. The molecule has 25 heavy (non-hydrogen) atoms. The summed E-state index contributed by atoms with van der Waals surface area (Å²) < 4.78 is 31.8. The van der Waals surface area contributed by atoms with Crippen LogP contribution in [0.15, 0.2) is 33.7 Å². The summed E-state index contributed by atoms with van der Waals surface area (Å²) in [6, 6.07) is 4.81. The lowest BCUT2D eigenvalue weighted by Crippen LogP contribution is -2.43. The van der Waals surface area contributed by atoms with E-state index < -0.39 is 22.0 Å². The zero-order valence-electron chi connectivity index (χ0n) is 13.2. The van der Waals surface area contributed by atoms with Crippen LogP contribution in [0.4, 0.5) is 5.82 Å². The number of nitrogens with zero attached hydrogens (tertiary/aromatic N) is 2. The average Bonchev–Trinajstić information content (AvgIpc) is 3.19. The summed E-state index contributed by atoms with van der Waals surface area (Å²) in [5.41, 5.74) is 0. The van der Waals surface area contributed by atoms with Crippen LogP contribution >= 0.6 is 23.2 Å². The van der Waals surface area contributed by atoms with E-state index in [2.05, 4.69) is 10.5 Å². The zero-order valence-corrected chi connectivity index (χ0v) is 15.5. The molecule has 10 heteroatoms. The van der Waals surface area contributed by atoms with Gasteiger partial charge < -0.3 is 9.84 Å². The Bertz CT molecular complexity index is 913. The van der Waals surface area contributed by atoms with E-state index in [1.165, 1.54) is 22.5 Å². The number of anilines is 1. The summed E-state index contributed by atoms with van der Waals surface area (Å²) >= 11 is 11.8. The van der Waals surface area contributed by atoms with Crippen LogP contribution in [0.25, 0.3) is 0 Å². The Morgan fingerprint density at radius 3 is 2.72 bits per heavy atom. The molecule has 1 aliphatic rings. The van der Waals surface area contributed by atoms with Crippen LogP contribution in [-0.2, 0) is 14.8 Å². The molecule has 1 saturated heterocycles. The summed E-state index contributed by atoms with van der Waals surface area (Å²) in [6.07, 6.45) is 1.000. The number of rotatable bonds is 4. The molecule has 2 heterocycles. The fourth-order valence-electron chi connectivity index (χ4n) is 2.70. The number of sulfonamides is 1. The molecular formula is C15H15Cl2N3O4S. The number of hydrogen-bond acceptors (Lipinski definition) is 5. The van der Waals surface area contributed by atoms with Crippen molar-refractivity contribution in [3.05, 3.63) is 40.1 Å². The van der Waals surface area contributed by atoms with Crippen molar-refractivity contribution >= 4 is 45.0 Å². The number of halogens is 2. The average molecular weight is 404 g/mol. The normalized spacial score (nSPS) is 18.4. The van der Waals surface area contributed by atoms with Crippen LogP contribution in [0, 0.1) is 6.92 Å². The van der Waals surface area contributed by atoms with Gasteiger partial charge in [0.15, 0.2) is 5.82 Å². The summed E-state index contributed by atoms with van der Waals surface area (Å²) in [5, 5.41) is 6.67. The maximum Gasteiger partial charge on any atom is 0.244 e. The Labute approximate surface area is 154 Å². The molecule has 3 rings (SSSR count). The Morgan fingerprint density at radius 2 is 2.08 bits per heavy atom. The first-order valence-corrected chi connectivity index (χ1v) is 9.70. The smallest absolute Gasteiger partial charge is 0.244 e. The molecule has 0 aliphatic carbocycles. The summed E-state index contributed by atoms with van der Waals surface area (Å²) in [7, 11) is -3.87. The van der Waals surface area contributed by atoms with Gasteiger partial charge in [0.1, 0.15) is 11.8 Å². The van der Waals surface area contributed by atoms with Crippen LogP contribution in [0.5, 0.6) is 0 Å². The largest absolute Gasteiger partial charge is 0.360 e. The quantitative estimate of drug-likeness (QED) is 0.846. The molecule has 1 aromatic carbocycles. The number of benzene rings is 1. The first kappa shape index (κ1) is 18.2. The van der Waals surface area contributed by atoms with Crippen LogP contribution < -0.4 is 5.32 Å². The van der Waals surface area contributed by atoms with E-state index in [0.717, 1.165) is 0 Å². The second-order valence-corrected chi connectivity index (χ2v) is 8.37. The van der Waals surface area contributed by atoms with Gasteiger partial charge in [0.25, 0.3) is 0 Å². The molecule has 0 unspecified atom stereocenters. The molecule has 134 valence electrons. The number of amides is 1. The van der Waals surface area contributed by atoms with Gasteiger partial charge in [-0.1, -0.05) is 28.4 Å². The first-order chi connectivity index (χ1) is 11.8. The van der Waals surface area contributed by atoms with Gasteiger partial charge in [-0.05, 0) is 38.0 Å². The number of aromatic nitrogens is 1. The van der Waals surface area contributed by atoms with Gasteiger partial charge in [0.05, 0.1) is 14.9 Å². The minimum absolute atomic E-state index is 0.00104. The van der Waals surface area contributed by atoms with Crippen molar-refractivity contribution in [2.24, 2.45) is 0 Å². The molecular weight excluding hydrogens is 389 g/mol. The molecule has 0 spiro atoms. The third kappa shape index (κ3) is 3.67. The van der Waals surface area contributed by atoms with Crippen molar-refractivity contribution in [2.75, 3.05) is 11.9 Å². The van der Waals surface area contributed by atoms with Crippen molar-refractivity contribution in [1.82, 2.24) is 9.46 Å². The third-order valence-corrected chi connectivity index (χ3v) is 6.53. The maximum atomic E-state index is 12.9. The highest BCUT2D eigenvalue weighted by Gasteiger charge is 2.39. The van der Waals surface area contributed by atoms with E-state index in [4.69, 9.17) is 27.7 Å². The second-order valence-electron chi connectivity index (χ2n) is 5.66. The van der Waals surface area contributed by atoms with E-state index in [1.54, 1.807) is 13.0 Å². The summed E-state index contributed by atoms with van der Waals surface area (Å²) in [5.74, 6) is 0.345. The molecule has 0 radical (unpaired) electrons. The highest BCUT2D eigenvalue weighted by molar-refractivity contribution is 7.89. The first-order valence-electron chi connectivity index (χ1n) is 7.50. The zero-order chi connectivity index (χ0) is 18.2. The Hall–Kier alpha value is -1.61. The summed E-state index contributed by atoms with van der Waals surface area (Å²) in [4.78, 5) is 12.5. The molecule has 1 aliphatic heterocycles. The number of carbonyl (C=O) groups is 1. The fourth-order valence-corrected chi connectivity index (χ4v) is 4.74. The lowest BCUT2D eigenvalue weighted by molar-refractivity contribution is -0.119. The van der Waals surface area contributed by atoms with Gasteiger partial charge in [-0.15, -0.1) is 0 Å². The van der Waals surface area contributed by atoms with E-state index in [0.29, 0.717) is 18.6 Å². The van der Waals surface area contributed by atoms with Gasteiger partial charge >= 0.3 is 0 Å². The molecule has 1 amide bonds. The van der Waals surface area contributed by atoms with Gasteiger partial charge in [-0.3, -0.25) is 4.79 Å². The SMILES string of the molecule is Cc1cc(NC(=O)[C@@H]2CCCN2S(=O)(=O)c2ccc(Cl)c(Cl)c2)no1. The van der Waals surface area contributed by atoms with Crippen LogP contribution in [0.1, 0.15) is 18.6 Å². The highest BCUT2D eigenvalue weighted by Crippen LogP contribution is 2.30. The van der Waals surface area contributed by atoms with Crippen molar-refractivity contribution < 1.29 is 17.7 Å². The minimum atomic E-state index is -3.87. The molecule has 1 aromatic heterocycles. The number of carbonyl (C=O) groups excluding carboxylic acids is 1. The van der Waals surface area contributed by atoms with Gasteiger partial charge in [-0.2, -0.15) is 4.31 Å². The van der Waals surface area contributed by atoms with Crippen molar-refractivity contribution in [2.45, 2.75) is 30.7 Å². The van der Waals surface area contributed by atoms with E-state index in [-0.39, 0.29) is 27.3 Å². The number of nitrogens with one attached hydrogen (secondary N) is 1. The Kier molecular flexibility index (Phi) is 5.06. The minimum Gasteiger partial charge on any atom is -0.360 e. The predicted molar refractivity (Wildman–Crippen MR) is 93.2 cm³/mol. The van der Waals surface area contributed by atoms with Crippen molar-refractivity contribution in [3.63, 3.8) is 0 Å². The predicted octanol–water partition coefficient (Wildman–Crippen LogP) is 3.08. The van der Waals surface area contributed by atoms with Crippen molar-refractivity contribution in [3.8, 4) is 0 Å². The van der Waals surface area contributed by atoms with E-state index in [9.17, 15) is 13.2 Å². The Balaban J connectivity index is 1.84. The van der Waals surface area contributed by atoms with Crippen LogP contribution in [0.3, 0.4) is 0 Å². The van der Waals surface area contributed by atoms with E-state index in [1.807, 2.05) is 0 Å². The molecule has 0 bridgehead atoms. The summed E-state index contributed by atoms with van der Waals surface area (Å²) in [6.45, 7) is 1.94. The lowest BCUT2D eigenvalue weighted by Gasteiger charge is -2.23. The lowest BCUT2D eigenvalue weighted by atomic mass is 10.2. The maximum absolute atomic E-state index is 12.9. The molecule has 1 atom stereocenters. The van der Waals surface area contributed by atoms with Gasteiger partial charge in [0.2, 0.25) is 15.9 Å². The van der Waals surface area contributed by atoms with Gasteiger partial charge in [0, 0.05) is 12.6 Å². The standard InChI is InChI=1S/C15H15Cl2N3O4S/c1-9-7-14(19-24-9)18-15(21)13-3-2-6-20(13)25(22,23)10-4-5-11(16)12(17)8-10/h4-5,7-8,13H,2-3,6H2,1H3,(H,18,19,21)/t13-/m0/s1. The second kappa shape index (κ2) is 6.95. The highest BCUT2D eigenvalue weighted by atomic mass is 35.5.